The molecule has 0 radical (unpaired) electrons. The van der Waals surface area contributed by atoms with Crippen LogP contribution in [0.2, 0.25) is 0 Å². The lowest BCUT2D eigenvalue weighted by molar-refractivity contribution is -0.125. The second kappa shape index (κ2) is 8.21. The Morgan fingerprint density at radius 2 is 1.89 bits per heavy atom. The average Bonchev–Trinajstić information content (AvgIpc) is 2.70. The Kier molecular flexibility index (Phi) is 5.73. The fourth-order valence-corrected chi connectivity index (χ4v) is 3.12. The van der Waals surface area contributed by atoms with Crippen LogP contribution in [0.3, 0.4) is 0 Å². The predicted molar refractivity (Wildman–Crippen MR) is 107 cm³/mol. The number of methoxy groups -OCH3 is 2. The largest absolute Gasteiger partial charge is 0.493 e. The number of hydrogen-bond acceptors (Lipinski definition) is 5. The van der Waals surface area contributed by atoms with E-state index >= 15 is 0 Å². The van der Waals surface area contributed by atoms with E-state index in [1.165, 1.54) is 14.2 Å². The minimum Gasteiger partial charge on any atom is -0.493 e. The molecular formula is C21H24N2O5. The number of amides is 2. The molecule has 3 rings (SSSR count). The molecule has 1 heterocycles. The van der Waals surface area contributed by atoms with Crippen molar-refractivity contribution in [2.75, 3.05) is 31.0 Å². The highest BCUT2D eigenvalue weighted by atomic mass is 16.5. The van der Waals surface area contributed by atoms with Gasteiger partial charge in [-0.25, -0.2) is 0 Å². The number of nitrogens with zero attached hydrogens (tertiary/aromatic N) is 1. The van der Waals surface area contributed by atoms with Crippen molar-refractivity contribution in [2.24, 2.45) is 0 Å². The van der Waals surface area contributed by atoms with Crippen LogP contribution in [0, 0.1) is 0 Å². The van der Waals surface area contributed by atoms with Crippen molar-refractivity contribution >= 4 is 23.2 Å². The molecule has 1 aliphatic heterocycles. The van der Waals surface area contributed by atoms with E-state index in [2.05, 4.69) is 5.32 Å². The van der Waals surface area contributed by atoms with Gasteiger partial charge in [0.15, 0.2) is 17.6 Å². The molecule has 0 fully saturated rings. The van der Waals surface area contributed by atoms with Gasteiger partial charge in [0.1, 0.15) is 5.75 Å². The number of fused-ring (bicyclic) bond motifs is 1. The van der Waals surface area contributed by atoms with E-state index in [0.29, 0.717) is 40.7 Å². The molecule has 0 saturated heterocycles. The molecule has 1 unspecified atom stereocenters. The van der Waals surface area contributed by atoms with Crippen LogP contribution in [-0.2, 0) is 4.79 Å². The molecule has 0 aromatic heterocycles. The van der Waals surface area contributed by atoms with Gasteiger partial charge in [0.05, 0.1) is 19.9 Å². The predicted octanol–water partition coefficient (Wildman–Crippen LogP) is 3.48. The maximum atomic E-state index is 12.6. The fourth-order valence-electron chi connectivity index (χ4n) is 3.12. The van der Waals surface area contributed by atoms with Crippen molar-refractivity contribution < 1.29 is 23.8 Å². The number of anilines is 2. The standard InChI is InChI=1S/C21H24N2O5/c1-5-10-23-16-8-7-15(12-18(16)28-13(2)21(23)25)22-20(24)14-6-9-17(26-3)19(11-14)27-4/h6-9,11-13H,5,10H2,1-4H3,(H,22,24). The van der Waals surface area contributed by atoms with Crippen LogP contribution in [0.5, 0.6) is 17.2 Å². The molecule has 0 spiro atoms. The van der Waals surface area contributed by atoms with Crippen LogP contribution in [-0.4, -0.2) is 38.7 Å². The Morgan fingerprint density at radius 1 is 1.14 bits per heavy atom. The van der Waals surface area contributed by atoms with Crippen LogP contribution >= 0.6 is 0 Å². The van der Waals surface area contributed by atoms with Crippen LogP contribution in [0.15, 0.2) is 36.4 Å². The number of rotatable bonds is 6. The van der Waals surface area contributed by atoms with Gasteiger partial charge in [-0.05, 0) is 43.7 Å². The topological polar surface area (TPSA) is 77.1 Å². The summed E-state index contributed by atoms with van der Waals surface area (Å²) < 4.78 is 16.2. The van der Waals surface area contributed by atoms with Crippen molar-refractivity contribution in [2.45, 2.75) is 26.4 Å². The average molecular weight is 384 g/mol. The smallest absolute Gasteiger partial charge is 0.267 e. The van der Waals surface area contributed by atoms with E-state index in [1.807, 2.05) is 6.92 Å². The summed E-state index contributed by atoms with van der Waals surface area (Å²) >= 11 is 0. The number of hydrogen-bond donors (Lipinski definition) is 1. The van der Waals surface area contributed by atoms with Gasteiger partial charge in [0, 0.05) is 23.9 Å². The van der Waals surface area contributed by atoms with Crippen LogP contribution in [0.4, 0.5) is 11.4 Å². The quantitative estimate of drug-likeness (QED) is 0.825. The van der Waals surface area contributed by atoms with Crippen LogP contribution in [0.25, 0.3) is 0 Å². The summed E-state index contributed by atoms with van der Waals surface area (Å²) in [6.45, 7) is 4.37. The normalized spacial score (nSPS) is 15.5. The monoisotopic (exact) mass is 384 g/mol. The highest BCUT2D eigenvalue weighted by Crippen LogP contribution is 2.36. The zero-order valence-electron chi connectivity index (χ0n) is 16.4. The fraction of sp³-hybridized carbons (Fsp3) is 0.333. The molecule has 28 heavy (non-hydrogen) atoms. The molecule has 2 aromatic carbocycles. The highest BCUT2D eigenvalue weighted by molar-refractivity contribution is 6.05. The summed E-state index contributed by atoms with van der Waals surface area (Å²) in [6.07, 6.45) is 0.284. The molecule has 7 heteroatoms. The van der Waals surface area contributed by atoms with E-state index < -0.39 is 6.10 Å². The summed E-state index contributed by atoms with van der Waals surface area (Å²) in [5.41, 5.74) is 1.73. The zero-order chi connectivity index (χ0) is 20.3. The first-order valence-corrected chi connectivity index (χ1v) is 9.14. The second-order valence-corrected chi connectivity index (χ2v) is 6.46. The van der Waals surface area contributed by atoms with Gasteiger partial charge in [-0.3, -0.25) is 9.59 Å². The summed E-state index contributed by atoms with van der Waals surface area (Å²) in [5.74, 6) is 1.26. The summed E-state index contributed by atoms with van der Waals surface area (Å²) in [4.78, 5) is 26.7. The molecule has 148 valence electrons. The number of ether oxygens (including phenoxy) is 3. The first-order valence-electron chi connectivity index (χ1n) is 9.14. The van der Waals surface area contributed by atoms with Crippen molar-refractivity contribution in [3.8, 4) is 17.2 Å². The third kappa shape index (κ3) is 3.74. The highest BCUT2D eigenvalue weighted by Gasteiger charge is 2.31. The maximum absolute atomic E-state index is 12.6. The number of benzene rings is 2. The van der Waals surface area contributed by atoms with Gasteiger partial charge in [0.25, 0.3) is 11.8 Å². The van der Waals surface area contributed by atoms with Crippen LogP contribution in [0.1, 0.15) is 30.6 Å². The summed E-state index contributed by atoms with van der Waals surface area (Å²) in [5, 5.41) is 2.85. The van der Waals surface area contributed by atoms with E-state index in [9.17, 15) is 9.59 Å². The second-order valence-electron chi connectivity index (χ2n) is 6.46. The molecule has 0 bridgehead atoms. The Balaban J connectivity index is 1.83. The van der Waals surface area contributed by atoms with Gasteiger partial charge in [0.2, 0.25) is 0 Å². The Bertz CT molecular complexity index is 896. The van der Waals surface area contributed by atoms with Gasteiger partial charge in [-0.15, -0.1) is 0 Å². The van der Waals surface area contributed by atoms with Crippen molar-refractivity contribution in [1.29, 1.82) is 0 Å². The molecule has 0 saturated carbocycles. The van der Waals surface area contributed by atoms with Crippen molar-refractivity contribution in [3.05, 3.63) is 42.0 Å². The van der Waals surface area contributed by atoms with Gasteiger partial charge in [-0.2, -0.15) is 0 Å². The van der Waals surface area contributed by atoms with E-state index in [1.54, 1.807) is 48.2 Å². The molecule has 2 aromatic rings. The third-order valence-electron chi connectivity index (χ3n) is 4.52. The van der Waals surface area contributed by atoms with E-state index in [4.69, 9.17) is 14.2 Å². The van der Waals surface area contributed by atoms with Gasteiger partial charge < -0.3 is 24.4 Å². The molecule has 1 atom stereocenters. The summed E-state index contributed by atoms with van der Waals surface area (Å²) in [7, 11) is 3.06. The Labute approximate surface area is 164 Å². The lowest BCUT2D eigenvalue weighted by atomic mass is 10.1. The Hall–Kier alpha value is -3.22. The molecule has 7 nitrogen and oxygen atoms in total. The van der Waals surface area contributed by atoms with Crippen molar-refractivity contribution in [3.63, 3.8) is 0 Å². The Morgan fingerprint density at radius 3 is 2.57 bits per heavy atom. The van der Waals surface area contributed by atoms with Crippen molar-refractivity contribution in [1.82, 2.24) is 0 Å². The first kappa shape index (κ1) is 19.5. The van der Waals surface area contributed by atoms with Crippen LogP contribution < -0.4 is 24.4 Å². The first-order chi connectivity index (χ1) is 13.5. The number of carbonyl (C=O) groups excluding carboxylic acids is 2. The SMILES string of the molecule is CCCN1C(=O)C(C)Oc2cc(NC(=O)c3ccc(OC)c(OC)c3)ccc21. The van der Waals surface area contributed by atoms with Gasteiger partial charge >= 0.3 is 0 Å². The van der Waals surface area contributed by atoms with Gasteiger partial charge in [-0.1, -0.05) is 6.92 Å². The molecule has 1 aliphatic rings. The lowest BCUT2D eigenvalue weighted by Gasteiger charge is -2.33. The maximum Gasteiger partial charge on any atom is 0.267 e. The molecule has 1 N–H and O–H groups in total. The number of carbonyl (C=O) groups is 2. The summed E-state index contributed by atoms with van der Waals surface area (Å²) in [6, 6.07) is 10.2. The minimum atomic E-state index is -0.559. The van der Waals surface area contributed by atoms with E-state index in [-0.39, 0.29) is 11.8 Å². The third-order valence-corrected chi connectivity index (χ3v) is 4.52. The molecule has 0 aliphatic carbocycles. The molecule has 2 amide bonds. The zero-order valence-corrected chi connectivity index (χ0v) is 16.4. The van der Waals surface area contributed by atoms with E-state index in [0.717, 1.165) is 6.42 Å². The molecular weight excluding hydrogens is 360 g/mol. The lowest BCUT2D eigenvalue weighted by Crippen LogP contribution is -2.44. The minimum absolute atomic E-state index is 0.0588. The number of nitrogens with one attached hydrogen (secondary N) is 1.